The third kappa shape index (κ3) is 2.52. The van der Waals surface area contributed by atoms with E-state index in [-0.39, 0.29) is 0 Å². The van der Waals surface area contributed by atoms with Gasteiger partial charge in [-0.3, -0.25) is 0 Å². The number of benzene rings is 1. The van der Waals surface area contributed by atoms with E-state index in [1.807, 2.05) is 13.1 Å². The number of nitrogens with one attached hydrogen (secondary N) is 1. The first kappa shape index (κ1) is 9.67. The van der Waals surface area contributed by atoms with Crippen LogP contribution in [-0.4, -0.2) is 18.4 Å². The number of rotatable bonds is 3. The molecular formula is C9H14N2O2. The Morgan fingerprint density at radius 3 is 2.69 bits per heavy atom. The third-order valence-electron chi connectivity index (χ3n) is 1.60. The fraction of sp³-hybridized carbons (Fsp3) is 0.333. The lowest BCUT2D eigenvalue weighted by Crippen LogP contribution is -2.10. The van der Waals surface area contributed by atoms with Crippen molar-refractivity contribution in [1.82, 2.24) is 0 Å². The molecule has 0 aliphatic carbocycles. The van der Waals surface area contributed by atoms with Gasteiger partial charge in [-0.2, -0.15) is 0 Å². The molecular weight excluding hydrogens is 168 g/mol. The number of aliphatic hydroxyl groups is 1. The molecule has 0 unspecified atom stereocenters. The van der Waals surface area contributed by atoms with Gasteiger partial charge in [-0.05, 0) is 25.1 Å². The number of ether oxygens (including phenoxy) is 1. The first-order valence-corrected chi connectivity index (χ1v) is 4.05. The number of nitrogen functional groups attached to an aromatic ring is 1. The average Bonchev–Trinajstić information content (AvgIpc) is 2.08. The molecule has 4 N–H and O–H groups in total. The molecule has 0 heterocycles. The first-order chi connectivity index (χ1) is 6.13. The second-order valence-electron chi connectivity index (χ2n) is 2.72. The molecule has 0 fully saturated rings. The molecule has 0 aromatic heterocycles. The largest absolute Gasteiger partial charge is 0.463 e. The predicted octanol–water partition coefficient (Wildman–Crippen LogP) is 1.03. The molecule has 4 nitrogen and oxygen atoms in total. The summed E-state index contributed by atoms with van der Waals surface area (Å²) in [5, 5.41) is 11.9. The van der Waals surface area contributed by atoms with E-state index in [9.17, 15) is 0 Å². The van der Waals surface area contributed by atoms with E-state index in [0.717, 1.165) is 5.69 Å². The zero-order valence-corrected chi connectivity index (χ0v) is 7.74. The van der Waals surface area contributed by atoms with Crippen LogP contribution in [0.15, 0.2) is 18.2 Å². The van der Waals surface area contributed by atoms with Gasteiger partial charge in [-0.25, -0.2) is 0 Å². The molecule has 0 aliphatic rings. The Labute approximate surface area is 77.3 Å². The van der Waals surface area contributed by atoms with E-state index in [0.29, 0.717) is 11.4 Å². The molecule has 72 valence electrons. The molecule has 0 amide bonds. The number of anilines is 2. The van der Waals surface area contributed by atoms with E-state index in [1.165, 1.54) is 6.92 Å². The van der Waals surface area contributed by atoms with Gasteiger partial charge in [0.2, 0.25) is 0 Å². The van der Waals surface area contributed by atoms with Crippen molar-refractivity contribution in [2.24, 2.45) is 0 Å². The SMILES string of the molecule is CNc1ccc(O[C@H](C)O)c(N)c1. The maximum atomic E-state index is 8.96. The molecule has 1 rings (SSSR count). The quantitative estimate of drug-likeness (QED) is 0.482. The van der Waals surface area contributed by atoms with Crippen LogP contribution in [0.5, 0.6) is 5.75 Å². The Morgan fingerprint density at radius 2 is 2.23 bits per heavy atom. The number of nitrogens with two attached hydrogens (primary N) is 1. The summed E-state index contributed by atoms with van der Waals surface area (Å²) in [5.74, 6) is 0.494. The summed E-state index contributed by atoms with van der Waals surface area (Å²) in [4.78, 5) is 0. The molecule has 13 heavy (non-hydrogen) atoms. The summed E-state index contributed by atoms with van der Waals surface area (Å²) in [5.41, 5.74) is 7.09. The van der Waals surface area contributed by atoms with E-state index >= 15 is 0 Å². The zero-order chi connectivity index (χ0) is 9.84. The Hall–Kier alpha value is -1.42. The van der Waals surface area contributed by atoms with Gasteiger partial charge in [0, 0.05) is 12.7 Å². The lowest BCUT2D eigenvalue weighted by molar-refractivity contribution is 0.000283. The lowest BCUT2D eigenvalue weighted by Gasteiger charge is -2.11. The summed E-state index contributed by atoms with van der Waals surface area (Å²) in [7, 11) is 1.81. The van der Waals surface area contributed by atoms with Gasteiger partial charge in [-0.15, -0.1) is 0 Å². The Kier molecular flexibility index (Phi) is 2.97. The number of hydrogen-bond acceptors (Lipinski definition) is 4. The molecule has 1 aromatic rings. The fourth-order valence-electron chi connectivity index (χ4n) is 0.995. The number of aliphatic hydroxyl groups excluding tert-OH is 1. The Morgan fingerprint density at radius 1 is 1.54 bits per heavy atom. The standard InChI is InChI=1S/C9H14N2O2/c1-6(12)13-9-4-3-7(11-2)5-8(9)10/h3-6,11-12H,10H2,1-2H3/t6-/m1/s1. The van der Waals surface area contributed by atoms with Crippen LogP contribution in [0, 0.1) is 0 Å². The smallest absolute Gasteiger partial charge is 0.194 e. The van der Waals surface area contributed by atoms with Crippen molar-refractivity contribution in [2.45, 2.75) is 13.2 Å². The van der Waals surface area contributed by atoms with Gasteiger partial charge in [0.15, 0.2) is 6.29 Å². The molecule has 0 aliphatic heterocycles. The van der Waals surface area contributed by atoms with E-state index in [2.05, 4.69) is 5.32 Å². The van der Waals surface area contributed by atoms with Gasteiger partial charge < -0.3 is 20.9 Å². The normalized spacial score (nSPS) is 12.2. The van der Waals surface area contributed by atoms with Crippen molar-refractivity contribution in [3.05, 3.63) is 18.2 Å². The van der Waals surface area contributed by atoms with Gasteiger partial charge >= 0.3 is 0 Å². The van der Waals surface area contributed by atoms with E-state index < -0.39 is 6.29 Å². The van der Waals surface area contributed by atoms with Crippen LogP contribution in [0.1, 0.15) is 6.92 Å². The van der Waals surface area contributed by atoms with Crippen LogP contribution >= 0.6 is 0 Å². The molecule has 1 atom stereocenters. The monoisotopic (exact) mass is 182 g/mol. The van der Waals surface area contributed by atoms with Gasteiger partial charge in [0.1, 0.15) is 5.75 Å². The fourth-order valence-corrected chi connectivity index (χ4v) is 0.995. The van der Waals surface area contributed by atoms with E-state index in [4.69, 9.17) is 15.6 Å². The summed E-state index contributed by atoms with van der Waals surface area (Å²) < 4.78 is 5.05. The molecule has 0 saturated heterocycles. The minimum Gasteiger partial charge on any atom is -0.463 e. The summed E-state index contributed by atoms with van der Waals surface area (Å²) in [6.45, 7) is 1.53. The van der Waals surface area contributed by atoms with Crippen LogP contribution in [0.2, 0.25) is 0 Å². The molecule has 1 aromatic carbocycles. The minimum atomic E-state index is -0.845. The molecule has 0 bridgehead atoms. The highest BCUT2D eigenvalue weighted by molar-refractivity contribution is 5.62. The van der Waals surface area contributed by atoms with Crippen molar-refractivity contribution in [2.75, 3.05) is 18.1 Å². The second kappa shape index (κ2) is 4.00. The average molecular weight is 182 g/mol. The topological polar surface area (TPSA) is 67.5 Å². The summed E-state index contributed by atoms with van der Waals surface area (Å²) in [6, 6.07) is 5.29. The Balaban J connectivity index is 2.85. The van der Waals surface area contributed by atoms with Crippen molar-refractivity contribution < 1.29 is 9.84 Å². The van der Waals surface area contributed by atoms with Crippen molar-refractivity contribution in [3.63, 3.8) is 0 Å². The highest BCUT2D eigenvalue weighted by Gasteiger charge is 2.03. The third-order valence-corrected chi connectivity index (χ3v) is 1.60. The predicted molar refractivity (Wildman–Crippen MR) is 52.7 cm³/mol. The lowest BCUT2D eigenvalue weighted by atomic mass is 10.2. The van der Waals surface area contributed by atoms with Crippen LogP contribution in [0.4, 0.5) is 11.4 Å². The molecule has 0 spiro atoms. The van der Waals surface area contributed by atoms with Gasteiger partial charge in [0.05, 0.1) is 5.69 Å². The maximum Gasteiger partial charge on any atom is 0.194 e. The molecule has 0 saturated carbocycles. The highest BCUT2D eigenvalue weighted by atomic mass is 16.6. The van der Waals surface area contributed by atoms with Crippen molar-refractivity contribution in [1.29, 1.82) is 0 Å². The van der Waals surface area contributed by atoms with Gasteiger partial charge in [-0.1, -0.05) is 0 Å². The molecule has 0 radical (unpaired) electrons. The summed E-state index contributed by atoms with van der Waals surface area (Å²) in [6.07, 6.45) is -0.845. The maximum absolute atomic E-state index is 8.96. The number of hydrogen-bond donors (Lipinski definition) is 3. The van der Waals surface area contributed by atoms with Gasteiger partial charge in [0.25, 0.3) is 0 Å². The van der Waals surface area contributed by atoms with Crippen LogP contribution < -0.4 is 15.8 Å². The first-order valence-electron chi connectivity index (χ1n) is 4.05. The second-order valence-corrected chi connectivity index (χ2v) is 2.72. The van der Waals surface area contributed by atoms with E-state index in [1.54, 1.807) is 12.1 Å². The zero-order valence-electron chi connectivity index (χ0n) is 7.74. The summed E-state index contributed by atoms with van der Waals surface area (Å²) >= 11 is 0. The minimum absolute atomic E-state index is 0.494. The van der Waals surface area contributed by atoms with Crippen LogP contribution in [-0.2, 0) is 0 Å². The van der Waals surface area contributed by atoms with Crippen LogP contribution in [0.25, 0.3) is 0 Å². The van der Waals surface area contributed by atoms with Crippen molar-refractivity contribution in [3.8, 4) is 5.75 Å². The van der Waals surface area contributed by atoms with Crippen LogP contribution in [0.3, 0.4) is 0 Å². The van der Waals surface area contributed by atoms with Crippen molar-refractivity contribution >= 4 is 11.4 Å². The Bertz CT molecular complexity index is 287. The highest BCUT2D eigenvalue weighted by Crippen LogP contribution is 2.25. The molecule has 4 heteroatoms.